The van der Waals surface area contributed by atoms with E-state index in [0.717, 1.165) is 36.2 Å². The smallest absolute Gasteiger partial charge is 0.244 e. The summed E-state index contributed by atoms with van der Waals surface area (Å²) in [4.78, 5) is 26.4. The molecule has 0 spiro atoms. The first-order valence-electron chi connectivity index (χ1n) is 11.6. The number of benzene rings is 1. The molecule has 0 saturated carbocycles. The summed E-state index contributed by atoms with van der Waals surface area (Å²) in [5, 5.41) is 4.18. The Bertz CT molecular complexity index is 1080. The molecule has 1 amide bonds. The third-order valence-corrected chi connectivity index (χ3v) is 6.28. The lowest BCUT2D eigenvalue weighted by atomic mass is 9.85. The zero-order valence-electron chi connectivity index (χ0n) is 20.3. The molecule has 0 radical (unpaired) electrons. The average molecular weight is 447 g/mol. The summed E-state index contributed by atoms with van der Waals surface area (Å²) in [5.74, 6) is 0.959. The summed E-state index contributed by atoms with van der Waals surface area (Å²) in [7, 11) is 3.91. The third kappa shape index (κ3) is 5.24. The number of carbonyl (C=O) groups excluding carboxylic acids is 1. The summed E-state index contributed by atoms with van der Waals surface area (Å²) in [6.45, 7) is 8.38. The van der Waals surface area contributed by atoms with Crippen molar-refractivity contribution >= 4 is 11.9 Å². The number of rotatable bonds is 5. The van der Waals surface area contributed by atoms with Crippen molar-refractivity contribution in [2.75, 3.05) is 32.1 Å². The zero-order chi connectivity index (χ0) is 23.6. The number of likely N-dealkylation sites (tertiary alicyclic amines) is 1. The van der Waals surface area contributed by atoms with Crippen molar-refractivity contribution in [1.82, 2.24) is 24.6 Å². The van der Waals surface area contributed by atoms with E-state index >= 15 is 0 Å². The molecule has 7 nitrogen and oxygen atoms in total. The van der Waals surface area contributed by atoms with Crippen LogP contribution in [-0.2, 0) is 16.8 Å². The highest BCUT2D eigenvalue weighted by Gasteiger charge is 2.28. The molecule has 1 aliphatic rings. The molecule has 0 N–H and O–H groups in total. The first-order chi connectivity index (χ1) is 15.7. The third-order valence-electron chi connectivity index (χ3n) is 6.28. The molecule has 0 aliphatic carbocycles. The van der Waals surface area contributed by atoms with Crippen molar-refractivity contribution in [3.63, 3.8) is 0 Å². The van der Waals surface area contributed by atoms with Crippen LogP contribution in [-0.4, -0.2) is 57.7 Å². The minimum Gasteiger partial charge on any atom is -0.347 e. The number of aromatic nitrogens is 4. The summed E-state index contributed by atoms with van der Waals surface area (Å²) < 4.78 is 1.68. The Balaban J connectivity index is 1.63. The van der Waals surface area contributed by atoms with Crippen LogP contribution in [0.25, 0.3) is 11.1 Å². The number of nitrogens with zero attached hydrogens (tertiary/aromatic N) is 6. The molecule has 174 valence electrons. The van der Waals surface area contributed by atoms with Gasteiger partial charge in [0.2, 0.25) is 11.9 Å². The molecular weight excluding hydrogens is 412 g/mol. The van der Waals surface area contributed by atoms with Gasteiger partial charge in [-0.15, -0.1) is 0 Å². The number of hydrogen-bond acceptors (Lipinski definition) is 5. The van der Waals surface area contributed by atoms with Crippen LogP contribution < -0.4 is 4.90 Å². The fraction of sp³-hybridized carbons (Fsp3) is 0.462. The summed E-state index contributed by atoms with van der Waals surface area (Å²) in [6, 6.07) is 10.6. The van der Waals surface area contributed by atoms with E-state index in [1.807, 2.05) is 42.4 Å². The van der Waals surface area contributed by atoms with E-state index in [-0.39, 0.29) is 23.8 Å². The van der Waals surface area contributed by atoms with E-state index in [9.17, 15) is 4.79 Å². The number of hydrogen-bond donors (Lipinski definition) is 0. The summed E-state index contributed by atoms with van der Waals surface area (Å²) >= 11 is 0. The average Bonchev–Trinajstić information content (AvgIpc) is 3.31. The summed E-state index contributed by atoms with van der Waals surface area (Å²) in [5.41, 5.74) is 4.59. The molecule has 1 aliphatic heterocycles. The molecule has 1 fully saturated rings. The second-order valence-electron chi connectivity index (χ2n) is 10.1. The van der Waals surface area contributed by atoms with Crippen LogP contribution in [0.5, 0.6) is 0 Å². The van der Waals surface area contributed by atoms with Crippen molar-refractivity contribution in [2.24, 2.45) is 0 Å². The van der Waals surface area contributed by atoms with Crippen LogP contribution in [0.2, 0.25) is 0 Å². The molecule has 2 aromatic heterocycles. The first-order valence-corrected chi connectivity index (χ1v) is 11.6. The van der Waals surface area contributed by atoms with Crippen molar-refractivity contribution in [3.8, 4) is 11.1 Å². The molecule has 0 bridgehead atoms. The quantitative estimate of drug-likeness (QED) is 0.590. The Kier molecular flexibility index (Phi) is 6.49. The minimum absolute atomic E-state index is 0.0985. The van der Waals surface area contributed by atoms with E-state index in [4.69, 9.17) is 4.98 Å². The van der Waals surface area contributed by atoms with Crippen molar-refractivity contribution in [3.05, 3.63) is 60.2 Å². The zero-order valence-corrected chi connectivity index (χ0v) is 20.3. The molecule has 1 saturated heterocycles. The van der Waals surface area contributed by atoms with Gasteiger partial charge in [-0.05, 0) is 35.4 Å². The van der Waals surface area contributed by atoms with Gasteiger partial charge in [0.15, 0.2) is 0 Å². The van der Waals surface area contributed by atoms with Crippen molar-refractivity contribution < 1.29 is 4.79 Å². The number of piperidine rings is 1. The molecule has 7 heteroatoms. The van der Waals surface area contributed by atoms with Gasteiger partial charge in [-0.2, -0.15) is 5.10 Å². The summed E-state index contributed by atoms with van der Waals surface area (Å²) in [6.07, 6.45) is 7.43. The Morgan fingerprint density at radius 2 is 1.94 bits per heavy atom. The minimum atomic E-state index is 0.0985. The standard InChI is InChI=1S/C26H34N6O/c1-26(2,3)21-11-9-19(10-12-21)22-16-27-25(30(4)5)29-24(22)20-8-6-14-31(17-20)23(33)18-32-15-7-13-28-32/h7,9-13,15-16,20H,6,8,14,17-18H2,1-5H3. The van der Waals surface area contributed by atoms with Gasteiger partial charge < -0.3 is 9.80 Å². The van der Waals surface area contributed by atoms with E-state index < -0.39 is 0 Å². The fourth-order valence-electron chi connectivity index (χ4n) is 4.34. The predicted octanol–water partition coefficient (Wildman–Crippen LogP) is 4.11. The van der Waals surface area contributed by atoms with Crippen LogP contribution in [0.3, 0.4) is 0 Å². The molecule has 1 unspecified atom stereocenters. The van der Waals surface area contributed by atoms with Gasteiger partial charge in [0.05, 0.1) is 5.69 Å². The maximum absolute atomic E-state index is 12.9. The fourth-order valence-corrected chi connectivity index (χ4v) is 4.34. The maximum atomic E-state index is 12.9. The normalized spacial score (nSPS) is 16.6. The SMILES string of the molecule is CN(C)c1ncc(-c2ccc(C(C)(C)C)cc2)c(C2CCCN(C(=O)Cn3cccn3)C2)n1. The molecule has 33 heavy (non-hydrogen) atoms. The van der Waals surface area contributed by atoms with Crippen LogP contribution >= 0.6 is 0 Å². The second-order valence-corrected chi connectivity index (χ2v) is 10.1. The van der Waals surface area contributed by atoms with Gasteiger partial charge in [-0.1, -0.05) is 45.0 Å². The van der Waals surface area contributed by atoms with Crippen LogP contribution in [0.4, 0.5) is 5.95 Å². The largest absolute Gasteiger partial charge is 0.347 e. The highest BCUT2D eigenvalue weighted by molar-refractivity contribution is 5.76. The van der Waals surface area contributed by atoms with E-state index in [1.54, 1.807) is 10.9 Å². The van der Waals surface area contributed by atoms with Crippen LogP contribution in [0, 0.1) is 0 Å². The topological polar surface area (TPSA) is 67.2 Å². The van der Waals surface area contributed by atoms with Gasteiger partial charge in [0.1, 0.15) is 6.54 Å². The van der Waals surface area contributed by atoms with Crippen molar-refractivity contribution in [2.45, 2.75) is 51.5 Å². The monoisotopic (exact) mass is 446 g/mol. The number of amides is 1. The van der Waals surface area contributed by atoms with Crippen LogP contribution in [0.1, 0.15) is 50.8 Å². The lowest BCUT2D eigenvalue weighted by Crippen LogP contribution is -2.41. The first kappa shape index (κ1) is 23.0. The Morgan fingerprint density at radius 1 is 1.18 bits per heavy atom. The Labute approximate surface area is 196 Å². The lowest BCUT2D eigenvalue weighted by Gasteiger charge is -2.33. The molecule has 3 aromatic rings. The molecule has 1 atom stereocenters. The van der Waals surface area contributed by atoms with Gasteiger partial charge in [0.25, 0.3) is 0 Å². The number of anilines is 1. The Hall–Kier alpha value is -3.22. The van der Waals surface area contributed by atoms with Gasteiger partial charge in [-0.3, -0.25) is 9.48 Å². The van der Waals surface area contributed by atoms with Crippen molar-refractivity contribution in [1.29, 1.82) is 0 Å². The molecular formula is C26H34N6O. The second kappa shape index (κ2) is 9.33. The molecule has 3 heterocycles. The highest BCUT2D eigenvalue weighted by atomic mass is 16.2. The van der Waals surface area contributed by atoms with Crippen LogP contribution in [0.15, 0.2) is 48.9 Å². The van der Waals surface area contributed by atoms with Gasteiger partial charge in [-0.25, -0.2) is 9.97 Å². The van der Waals surface area contributed by atoms with E-state index in [0.29, 0.717) is 12.5 Å². The number of carbonyl (C=O) groups is 1. The van der Waals surface area contributed by atoms with E-state index in [1.165, 1.54) is 5.56 Å². The predicted molar refractivity (Wildman–Crippen MR) is 131 cm³/mol. The molecule has 4 rings (SSSR count). The maximum Gasteiger partial charge on any atom is 0.244 e. The highest BCUT2D eigenvalue weighted by Crippen LogP contribution is 2.35. The van der Waals surface area contributed by atoms with E-state index in [2.05, 4.69) is 55.1 Å². The Morgan fingerprint density at radius 3 is 2.58 bits per heavy atom. The molecule has 1 aromatic carbocycles. The van der Waals surface area contributed by atoms with Gasteiger partial charge in [0, 0.05) is 57.3 Å². The lowest BCUT2D eigenvalue weighted by molar-refractivity contribution is -0.133. The van der Waals surface area contributed by atoms with Gasteiger partial charge >= 0.3 is 0 Å².